The number of carboxylic acids is 1. The van der Waals surface area contributed by atoms with Crippen LogP contribution in [0.25, 0.3) is 0 Å². The summed E-state index contributed by atoms with van der Waals surface area (Å²) in [5.74, 6) is 1.05. The molecule has 15 aliphatic rings. The van der Waals surface area contributed by atoms with Crippen molar-refractivity contribution in [2.75, 3.05) is 46.9 Å². The van der Waals surface area contributed by atoms with Crippen molar-refractivity contribution in [2.45, 2.75) is 357 Å². The summed E-state index contributed by atoms with van der Waals surface area (Å²) in [5.41, 5.74) is 10.1. The van der Waals surface area contributed by atoms with E-state index >= 15 is 0 Å². The first-order valence-corrected chi connectivity index (χ1v) is 53.8. The molecule has 27 atom stereocenters. The van der Waals surface area contributed by atoms with E-state index in [-0.39, 0.29) is 300 Å². The number of nitrogens with two attached hydrogens (primary N) is 1. The number of nitrogens with one attached hydrogen (secondary N) is 2. The second-order valence-corrected chi connectivity index (χ2v) is 52.1. The molecule has 0 amide bonds. The quantitative estimate of drug-likeness (QED) is 0.0210. The fourth-order valence-corrected chi connectivity index (χ4v) is 34.5. The van der Waals surface area contributed by atoms with Gasteiger partial charge in [-0.3, -0.25) is 47.9 Å². The number of esters is 5. The predicted molar refractivity (Wildman–Crippen MR) is 547 cm³/mol. The van der Waals surface area contributed by atoms with Gasteiger partial charge < -0.3 is 61.8 Å². The Balaban J connectivity index is 0.000000244. The molecule has 0 heterocycles. The number of hydrogen-bond acceptors (Lipinski definition) is 22. The zero-order chi connectivity index (χ0) is 105. The predicted octanol–water partition coefficient (Wildman–Crippen LogP) is 15.3. The number of carbonyl (C=O) groups is 10. The van der Waals surface area contributed by atoms with Gasteiger partial charge in [0, 0.05) is 49.9 Å². The summed E-state index contributed by atoms with van der Waals surface area (Å²) in [4.78, 5) is 128. The summed E-state index contributed by atoms with van der Waals surface area (Å²) < 4.78 is 25.9. The zero-order valence-corrected chi connectivity index (χ0v) is 100. The maximum atomic E-state index is 14.7. The van der Waals surface area contributed by atoms with E-state index in [1.807, 2.05) is 73.7 Å². The third-order valence-corrected chi connectivity index (χ3v) is 44.1. The molecule has 0 unspecified atom stereocenters. The Morgan fingerprint density at radius 3 is 1.01 bits per heavy atom. The van der Waals surface area contributed by atoms with Gasteiger partial charge in [0.05, 0.1) is 56.7 Å². The topological polar surface area (TPSA) is 363 Å². The second-order valence-electron chi connectivity index (χ2n) is 51.5. The van der Waals surface area contributed by atoms with E-state index in [0.717, 1.165) is 179 Å². The van der Waals surface area contributed by atoms with E-state index in [0.29, 0.717) is 55.4 Å². The number of nitrogens with zero attached hydrogens (tertiary/aromatic N) is 1. The van der Waals surface area contributed by atoms with E-state index in [2.05, 4.69) is 187 Å². The molecule has 2 aromatic carbocycles. The minimum Gasteiger partial charge on any atom is -1.00 e. The standard InChI is InChI=1S/C40H57NO5.C37H53NO3.C33H51NO5.C3H5BrO2.C2H3N.CH2O3.CH4O.2K.H/c1-35(2)30-14-17-40(7)33(38(30,5)16-15-31(35)41-24-32(43)45-8)29(42)22-27-28-23-37(4,19-18-36(28,3)20-21-39(27,40)6)34(44)46-25-26-12-10-9-11-13-26;1-32(2)28-13-16-37(7)30(35(28,5)15-14-29(32)38)27(39)21-25-26-22-34(4,18-17-33(26,3)19-20-36(25,37)6)31(40)41-23-24-11-9-8-10-12-24;1-28(2)23-9-12-33(7)26(31(23,5)11-10-24(28)34-19-25(36)39-8)22(35)17-20-21-18-30(4,27(37)38)14-13-29(21,3)15-16-32(20,33)6;1-6-3(5)2-4;1-2-3;2-1-4-3;1-2;;;/h9-13,22,28,30-31,33,41H,14-21,23-25H2,1-8H3;8-12,21,26,28-30H,13-20,22-23,38H2,1-7H3;17,21,23-24,26,34H,9-16,18-19H2,1-8H3,(H,37,38);2H2,1H3;1H3;1,3H;2H,1H3;;;/q;;;;;;;2*+1;-1/p-1/t28-,30-,31-,33+,36+,37-,38-,39+,40+;26-,28-,29-,30+,33+,34-,35-,36+,37+;21-,23-,24-,26+,29+,30-,31-,32+,33+;;;;;;;/m000......./s1. The molecule has 12 fully saturated rings. The van der Waals surface area contributed by atoms with Crippen molar-refractivity contribution in [2.24, 2.45) is 156 Å². The first kappa shape index (κ1) is 123. The molecule has 23 nitrogen and oxygen atoms in total. The minimum absolute atomic E-state index is 0. The minimum atomic E-state index is -0.729. The number of allylic oxidation sites excluding steroid dienone is 6. The SMILES string of the molecule is CC#N.CC1(C)[C@@H](N)CC[C@]2(C)[C@H]3C(=O)C=C4[C@@H]5C[C@@](C)(C(=O)OCc6ccccc6)CC[C@]5(C)CC[C@@]4(C)[C@]3(C)CC[C@@H]12.CO.COC(=O)CBr.COC(=O)CN[C@H]1CC[C@]2(C)[C@H]3C(=O)C=C4[C@@H]5C[C@@](C)(C(=O)O)CC[C@]5(C)CC[C@@]4(C)[C@]3(C)CC[C@H]2C1(C)C.COC(=O)CN[C@H]1CC[C@]2(C)[C@H]3C(=O)C=C4[C@@H]5C[C@@](C)(C(=O)OCc6ccccc6)CC[C@]5(C)CC[C@@]4(C)[C@]3(C)CC[C@H]2C1(C)C.O=CO[O-].[H-].[K+].[K+]. The van der Waals surface area contributed by atoms with Crippen LogP contribution in [0.2, 0.25) is 0 Å². The second kappa shape index (κ2) is 46.1. The Kier molecular flexibility index (Phi) is 39.5. The maximum absolute atomic E-state index is 14.7. The molecule has 17 rings (SSSR count). The van der Waals surface area contributed by atoms with E-state index in [9.17, 15) is 48.3 Å². The summed E-state index contributed by atoms with van der Waals surface area (Å²) in [6.07, 6.45) is 32.6. The molecule has 2 aromatic rings. The number of aliphatic hydroxyl groups is 1. The number of ketones is 3. The van der Waals surface area contributed by atoms with E-state index in [4.69, 9.17) is 45.1 Å². The molecule has 12 saturated carbocycles. The van der Waals surface area contributed by atoms with Crippen LogP contribution < -0.4 is 124 Å². The molecular weight excluding hydrogens is 1920 g/mol. The van der Waals surface area contributed by atoms with E-state index in [1.165, 1.54) is 45.0 Å². The maximum Gasteiger partial charge on any atom is 1.00 e. The van der Waals surface area contributed by atoms with Gasteiger partial charge in [0.1, 0.15) is 18.5 Å². The summed E-state index contributed by atoms with van der Waals surface area (Å²) in [6.45, 7) is 51.5. The number of benzene rings is 2. The fourth-order valence-electron chi connectivity index (χ4n) is 34.3. The number of ether oxygens (including phenoxy) is 5. The number of hydrogen-bond donors (Lipinski definition) is 5. The Morgan fingerprint density at radius 2 is 0.727 bits per heavy atom. The third kappa shape index (κ3) is 22.0. The average molecular weight is 2100 g/mol. The summed E-state index contributed by atoms with van der Waals surface area (Å²) >= 11 is 2.90. The number of fused-ring (bicyclic) bond motifs is 21. The number of aliphatic carboxylic acids is 1. The Morgan fingerprint density at radius 1 is 0.448 bits per heavy atom. The van der Waals surface area contributed by atoms with Crippen molar-refractivity contribution in [3.63, 3.8) is 0 Å². The molecule has 0 aromatic heterocycles. The monoisotopic (exact) mass is 2100 g/mol. The van der Waals surface area contributed by atoms with E-state index in [1.54, 1.807) is 6.07 Å². The number of aliphatic hydroxyl groups excluding tert-OH is 1. The van der Waals surface area contributed by atoms with Gasteiger partial charge in [-0.15, -0.1) is 0 Å². The molecular formula is C117H175BrK2N4O19. The summed E-state index contributed by atoms with van der Waals surface area (Å²) in [5, 5.41) is 40.2. The number of nitriles is 1. The summed E-state index contributed by atoms with van der Waals surface area (Å²) in [6, 6.07) is 22.2. The van der Waals surface area contributed by atoms with Crippen LogP contribution in [0.5, 0.6) is 0 Å². The Bertz CT molecular complexity index is 5100. The van der Waals surface area contributed by atoms with Crippen molar-refractivity contribution in [1.29, 1.82) is 5.26 Å². The molecule has 6 N–H and O–H groups in total. The molecule has 0 aliphatic heterocycles. The van der Waals surface area contributed by atoms with Gasteiger partial charge in [0.25, 0.3) is 6.47 Å². The van der Waals surface area contributed by atoms with Gasteiger partial charge in [-0.05, 0) is 340 Å². The van der Waals surface area contributed by atoms with Crippen molar-refractivity contribution < 1.29 is 196 Å². The summed E-state index contributed by atoms with van der Waals surface area (Å²) in [7, 11) is 5.21. The number of carboxylic acid groups (broad SMARTS) is 1. The van der Waals surface area contributed by atoms with Crippen LogP contribution in [0, 0.1) is 162 Å². The van der Waals surface area contributed by atoms with E-state index < -0.39 is 22.2 Å². The van der Waals surface area contributed by atoms with Crippen LogP contribution in [0.4, 0.5) is 0 Å². The normalized spacial score (nSPS) is 41.0. The third-order valence-electron chi connectivity index (χ3n) is 43.6. The molecule has 0 radical (unpaired) electrons. The number of methoxy groups -OCH3 is 3. The van der Waals surface area contributed by atoms with Gasteiger partial charge in [-0.1, -0.05) is 218 Å². The number of carbonyl (C=O) groups excluding carboxylic acids is 9. The molecule has 0 saturated heterocycles. The van der Waals surface area contributed by atoms with Gasteiger partial charge in [0.2, 0.25) is 0 Å². The van der Waals surface area contributed by atoms with Gasteiger partial charge in [0.15, 0.2) is 17.3 Å². The van der Waals surface area contributed by atoms with Crippen LogP contribution in [0.3, 0.4) is 0 Å². The molecule has 786 valence electrons. The number of alkyl halides is 1. The molecule has 143 heavy (non-hydrogen) atoms. The average Bonchev–Trinajstić information content (AvgIpc) is 0.678. The van der Waals surface area contributed by atoms with Crippen LogP contribution in [0.15, 0.2) is 95.6 Å². The van der Waals surface area contributed by atoms with Crippen LogP contribution in [-0.2, 0) is 89.7 Å². The van der Waals surface area contributed by atoms with Gasteiger partial charge in [-0.2, -0.15) is 5.26 Å². The number of rotatable bonds is 15. The van der Waals surface area contributed by atoms with Crippen molar-refractivity contribution in [1.82, 2.24) is 10.6 Å². The van der Waals surface area contributed by atoms with Crippen molar-refractivity contribution in [3.05, 3.63) is 107 Å². The molecule has 15 aliphatic carbocycles. The molecule has 0 bridgehead atoms. The fraction of sp³-hybridized carbons (Fsp3) is 0.752. The van der Waals surface area contributed by atoms with Crippen molar-refractivity contribution in [3.8, 4) is 6.07 Å². The van der Waals surface area contributed by atoms with Crippen LogP contribution >= 0.6 is 15.9 Å². The molecule has 0 spiro atoms. The molecule has 26 heteroatoms. The smallest absolute Gasteiger partial charge is 1.00 e. The van der Waals surface area contributed by atoms with Crippen molar-refractivity contribution >= 4 is 75.6 Å². The van der Waals surface area contributed by atoms with Gasteiger partial charge in [-0.25, -0.2) is 0 Å². The zero-order valence-electron chi connectivity index (χ0n) is 93.4. The number of halogens is 1. The first-order valence-electron chi connectivity index (χ1n) is 52.7. The Labute approximate surface area is 950 Å². The first-order chi connectivity index (χ1) is 65.8. The van der Waals surface area contributed by atoms with Crippen LogP contribution in [-0.4, -0.2) is 135 Å². The Hall–Kier alpha value is -4.00. The van der Waals surface area contributed by atoms with Gasteiger partial charge >= 0.3 is 139 Å². The van der Waals surface area contributed by atoms with Crippen LogP contribution in [0.1, 0.15) is 338 Å². The largest absolute Gasteiger partial charge is 1.00 e.